The fourth-order valence-electron chi connectivity index (χ4n) is 3.14. The Balaban J connectivity index is 2.01. The van der Waals surface area contributed by atoms with Crippen molar-refractivity contribution < 1.29 is 9.90 Å². The average Bonchev–Trinajstić information content (AvgIpc) is 2.49. The van der Waals surface area contributed by atoms with E-state index < -0.39 is 5.97 Å². The van der Waals surface area contributed by atoms with Gasteiger partial charge in [0.2, 0.25) is 0 Å². The maximum atomic E-state index is 11.2. The predicted octanol–water partition coefficient (Wildman–Crippen LogP) is 3.18. The molecular weight excluding hydrogens is 252 g/mol. The smallest absolute Gasteiger partial charge is 0.354 e. The van der Waals surface area contributed by atoms with Gasteiger partial charge in [0, 0.05) is 12.7 Å². The fraction of sp³-hybridized carbons (Fsp3) is 0.625. The van der Waals surface area contributed by atoms with Crippen LogP contribution in [0.5, 0.6) is 0 Å². The molecule has 1 aliphatic heterocycles. The van der Waals surface area contributed by atoms with Crippen molar-refractivity contribution in [1.82, 2.24) is 9.88 Å². The number of nitrogens with zero attached hydrogens (tertiary/aromatic N) is 2. The third-order valence-corrected chi connectivity index (χ3v) is 4.90. The van der Waals surface area contributed by atoms with Gasteiger partial charge in [-0.3, -0.25) is 4.90 Å². The zero-order valence-corrected chi connectivity index (χ0v) is 12.4. The highest BCUT2D eigenvalue weighted by Crippen LogP contribution is 2.38. The van der Waals surface area contributed by atoms with Gasteiger partial charge in [0.25, 0.3) is 0 Å². The number of hydrogen-bond acceptors (Lipinski definition) is 3. The molecule has 4 nitrogen and oxygen atoms in total. The Morgan fingerprint density at radius 2 is 2.00 bits per heavy atom. The molecule has 0 unspecified atom stereocenters. The molecule has 1 aromatic rings. The van der Waals surface area contributed by atoms with Crippen LogP contribution in [0.1, 0.15) is 55.6 Å². The molecule has 2 rings (SSSR count). The van der Waals surface area contributed by atoms with E-state index in [4.69, 9.17) is 0 Å². The lowest BCUT2D eigenvalue weighted by atomic mass is 9.74. The molecule has 1 fully saturated rings. The van der Waals surface area contributed by atoms with E-state index in [2.05, 4.69) is 23.7 Å². The molecule has 0 bridgehead atoms. The minimum Gasteiger partial charge on any atom is -0.477 e. The lowest BCUT2D eigenvalue weighted by molar-refractivity contribution is 0.0681. The first-order chi connectivity index (χ1) is 9.60. The lowest BCUT2D eigenvalue weighted by Crippen LogP contribution is -2.39. The van der Waals surface area contributed by atoms with Crippen molar-refractivity contribution in [3.8, 4) is 0 Å². The van der Waals surface area contributed by atoms with Crippen LogP contribution in [0.4, 0.5) is 0 Å². The molecule has 0 aromatic carbocycles. The van der Waals surface area contributed by atoms with Crippen LogP contribution in [0.3, 0.4) is 0 Å². The summed E-state index contributed by atoms with van der Waals surface area (Å²) in [7, 11) is 0. The van der Waals surface area contributed by atoms with Crippen LogP contribution in [0.25, 0.3) is 0 Å². The summed E-state index contributed by atoms with van der Waals surface area (Å²) in [6, 6.07) is 3.69. The van der Waals surface area contributed by atoms with E-state index in [9.17, 15) is 9.90 Å². The summed E-state index contributed by atoms with van der Waals surface area (Å²) in [5, 5.41) is 9.17. The summed E-state index contributed by atoms with van der Waals surface area (Å²) < 4.78 is 0. The van der Waals surface area contributed by atoms with Crippen LogP contribution in [-0.2, 0) is 6.54 Å². The third kappa shape index (κ3) is 3.18. The lowest BCUT2D eigenvalue weighted by Gasteiger charge is -2.41. The van der Waals surface area contributed by atoms with Crippen molar-refractivity contribution >= 4 is 5.97 Å². The molecule has 0 spiro atoms. The van der Waals surface area contributed by atoms with Crippen LogP contribution in [0, 0.1) is 5.41 Å². The summed E-state index contributed by atoms with van der Waals surface area (Å²) in [4.78, 5) is 17.5. The highest BCUT2D eigenvalue weighted by molar-refractivity contribution is 5.86. The minimum absolute atomic E-state index is 0.190. The van der Waals surface area contributed by atoms with E-state index in [1.807, 2.05) is 12.1 Å². The summed E-state index contributed by atoms with van der Waals surface area (Å²) in [5.41, 5.74) is 1.51. The number of carbonyl (C=O) groups is 1. The van der Waals surface area contributed by atoms with Crippen LogP contribution < -0.4 is 0 Å². The first kappa shape index (κ1) is 15.0. The van der Waals surface area contributed by atoms with Crippen molar-refractivity contribution in [2.75, 3.05) is 13.1 Å². The zero-order valence-electron chi connectivity index (χ0n) is 12.4. The molecule has 110 valence electrons. The Labute approximate surface area is 120 Å². The van der Waals surface area contributed by atoms with Gasteiger partial charge in [0.05, 0.1) is 0 Å². The highest BCUT2D eigenvalue weighted by atomic mass is 16.4. The fourth-order valence-corrected chi connectivity index (χ4v) is 3.14. The first-order valence-electron chi connectivity index (χ1n) is 7.50. The Bertz CT molecular complexity index is 459. The van der Waals surface area contributed by atoms with Crippen LogP contribution >= 0.6 is 0 Å². The van der Waals surface area contributed by atoms with Crippen molar-refractivity contribution in [3.05, 3.63) is 29.6 Å². The molecule has 1 N–H and O–H groups in total. The molecule has 0 aliphatic carbocycles. The topological polar surface area (TPSA) is 53.4 Å². The molecule has 4 heteroatoms. The molecule has 2 heterocycles. The number of aromatic nitrogens is 1. The average molecular weight is 276 g/mol. The van der Waals surface area contributed by atoms with Gasteiger partial charge in [-0.1, -0.05) is 32.8 Å². The number of pyridine rings is 1. The summed E-state index contributed by atoms with van der Waals surface area (Å²) >= 11 is 0. The van der Waals surface area contributed by atoms with Gasteiger partial charge in [0.1, 0.15) is 0 Å². The van der Waals surface area contributed by atoms with Gasteiger partial charge in [-0.25, -0.2) is 9.78 Å². The first-order valence-corrected chi connectivity index (χ1v) is 7.50. The second kappa shape index (κ2) is 6.35. The van der Waals surface area contributed by atoms with Crippen molar-refractivity contribution in [2.45, 2.75) is 46.1 Å². The molecular formula is C16H24N2O2. The van der Waals surface area contributed by atoms with Crippen LogP contribution in [-0.4, -0.2) is 34.0 Å². The zero-order chi connectivity index (χ0) is 14.6. The Kier molecular flexibility index (Phi) is 4.76. The molecule has 0 amide bonds. The molecule has 0 saturated carbocycles. The van der Waals surface area contributed by atoms with Crippen LogP contribution in [0.15, 0.2) is 18.3 Å². The number of aromatic carboxylic acids is 1. The van der Waals surface area contributed by atoms with Gasteiger partial charge in [-0.05, 0) is 43.0 Å². The van der Waals surface area contributed by atoms with Crippen molar-refractivity contribution in [2.24, 2.45) is 5.41 Å². The summed E-state index contributed by atoms with van der Waals surface area (Å²) in [6.07, 6.45) is 6.45. The van der Waals surface area contributed by atoms with Crippen molar-refractivity contribution in [3.63, 3.8) is 0 Å². The monoisotopic (exact) mass is 276 g/mol. The number of carboxylic acid groups (broad SMARTS) is 1. The van der Waals surface area contributed by atoms with E-state index in [0.29, 0.717) is 12.0 Å². The van der Waals surface area contributed by atoms with Crippen molar-refractivity contribution in [1.29, 1.82) is 0 Å². The second-order valence-electron chi connectivity index (χ2n) is 5.80. The molecule has 0 atom stereocenters. The van der Waals surface area contributed by atoms with E-state index in [1.165, 1.54) is 25.7 Å². The largest absolute Gasteiger partial charge is 0.477 e. The molecule has 1 aliphatic rings. The Morgan fingerprint density at radius 1 is 1.35 bits per heavy atom. The third-order valence-electron chi connectivity index (χ3n) is 4.90. The maximum Gasteiger partial charge on any atom is 0.354 e. The van der Waals surface area contributed by atoms with Gasteiger partial charge in [-0.15, -0.1) is 0 Å². The summed E-state index contributed by atoms with van der Waals surface area (Å²) in [5.74, 6) is -0.936. The molecule has 1 aromatic heterocycles. The van der Waals surface area contributed by atoms with Gasteiger partial charge in [0.15, 0.2) is 5.69 Å². The van der Waals surface area contributed by atoms with E-state index in [-0.39, 0.29) is 5.69 Å². The van der Waals surface area contributed by atoms with Gasteiger partial charge in [-0.2, -0.15) is 0 Å². The highest BCUT2D eigenvalue weighted by Gasteiger charge is 2.31. The number of hydrogen-bond donors (Lipinski definition) is 1. The molecule has 20 heavy (non-hydrogen) atoms. The normalized spacial score (nSPS) is 18.9. The van der Waals surface area contributed by atoms with E-state index in [0.717, 1.165) is 18.7 Å². The minimum atomic E-state index is -0.936. The number of carboxylic acids is 1. The SMILES string of the molecule is CCC1(CC)CCN(Cc2cccnc2C(=O)O)CC1. The van der Waals surface area contributed by atoms with E-state index in [1.54, 1.807) is 6.20 Å². The standard InChI is InChI=1S/C16H24N2O2/c1-3-16(4-2)7-10-18(11-8-16)12-13-6-5-9-17-14(13)15(19)20/h5-6,9H,3-4,7-8,10-12H2,1-2H3,(H,19,20). The maximum absolute atomic E-state index is 11.2. The molecule has 0 radical (unpaired) electrons. The Hall–Kier alpha value is -1.42. The number of rotatable bonds is 5. The Morgan fingerprint density at radius 3 is 2.55 bits per heavy atom. The second-order valence-corrected chi connectivity index (χ2v) is 5.80. The predicted molar refractivity (Wildman–Crippen MR) is 78.7 cm³/mol. The number of piperidine rings is 1. The summed E-state index contributed by atoms with van der Waals surface area (Å²) in [6.45, 7) is 7.36. The van der Waals surface area contributed by atoms with Gasteiger partial charge >= 0.3 is 5.97 Å². The quantitative estimate of drug-likeness (QED) is 0.897. The van der Waals surface area contributed by atoms with E-state index >= 15 is 0 Å². The van der Waals surface area contributed by atoms with Gasteiger partial charge < -0.3 is 5.11 Å². The molecule has 1 saturated heterocycles. The number of likely N-dealkylation sites (tertiary alicyclic amines) is 1. The van der Waals surface area contributed by atoms with Crippen LogP contribution in [0.2, 0.25) is 0 Å².